The molecule has 3 N–H and O–H groups in total. The lowest BCUT2D eigenvalue weighted by atomic mass is 10.1. The summed E-state index contributed by atoms with van der Waals surface area (Å²) in [7, 11) is 0. The van der Waals surface area contributed by atoms with E-state index in [9.17, 15) is 4.79 Å². The zero-order valence-corrected chi connectivity index (χ0v) is 9.50. The van der Waals surface area contributed by atoms with E-state index in [4.69, 9.17) is 10.9 Å². The number of hydrogen-bond acceptors (Lipinski definition) is 3. The van der Waals surface area contributed by atoms with Crippen LogP contribution in [-0.2, 0) is 4.79 Å². The van der Waals surface area contributed by atoms with Gasteiger partial charge in [-0.3, -0.25) is 5.01 Å². The van der Waals surface area contributed by atoms with Crippen molar-refractivity contribution in [2.24, 2.45) is 5.84 Å². The first-order valence-corrected chi connectivity index (χ1v) is 5.36. The van der Waals surface area contributed by atoms with E-state index in [-0.39, 0.29) is 0 Å². The van der Waals surface area contributed by atoms with Crippen LogP contribution in [0.25, 0.3) is 10.8 Å². The molecule has 17 heavy (non-hydrogen) atoms. The summed E-state index contributed by atoms with van der Waals surface area (Å²) in [5.41, 5.74) is 0.720. The number of carbonyl (C=O) groups is 1. The van der Waals surface area contributed by atoms with Gasteiger partial charge in [0.2, 0.25) is 0 Å². The van der Waals surface area contributed by atoms with Crippen LogP contribution in [0.2, 0.25) is 0 Å². The molecule has 1 unspecified atom stereocenters. The third-order valence-electron chi connectivity index (χ3n) is 2.82. The molecule has 88 valence electrons. The Bertz CT molecular complexity index is 549. The lowest BCUT2D eigenvalue weighted by molar-refractivity contribution is -0.138. The van der Waals surface area contributed by atoms with Gasteiger partial charge in [0.05, 0.1) is 5.69 Å². The third-order valence-corrected chi connectivity index (χ3v) is 2.82. The van der Waals surface area contributed by atoms with Gasteiger partial charge >= 0.3 is 5.97 Å². The SMILES string of the molecule is CC(C(=O)O)N(N)c1cccc2ccccc12. The quantitative estimate of drug-likeness (QED) is 0.625. The molecule has 0 heterocycles. The Hall–Kier alpha value is -2.07. The van der Waals surface area contributed by atoms with E-state index in [1.165, 1.54) is 5.01 Å². The summed E-state index contributed by atoms with van der Waals surface area (Å²) in [6.07, 6.45) is 0. The van der Waals surface area contributed by atoms with Crippen LogP contribution in [0.3, 0.4) is 0 Å². The molecule has 0 fully saturated rings. The first-order valence-electron chi connectivity index (χ1n) is 5.36. The van der Waals surface area contributed by atoms with E-state index in [0.717, 1.165) is 16.5 Å². The molecule has 0 bridgehead atoms. The molecule has 2 aromatic carbocycles. The molecule has 0 aliphatic carbocycles. The molecule has 0 saturated carbocycles. The summed E-state index contributed by atoms with van der Waals surface area (Å²) in [6, 6.07) is 12.6. The smallest absolute Gasteiger partial charge is 0.327 e. The Morgan fingerprint density at radius 2 is 1.88 bits per heavy atom. The molecule has 0 saturated heterocycles. The highest BCUT2D eigenvalue weighted by Crippen LogP contribution is 2.26. The molecule has 2 rings (SSSR count). The first kappa shape index (κ1) is 11.4. The molecule has 0 radical (unpaired) electrons. The number of fused-ring (bicyclic) bond motifs is 1. The van der Waals surface area contributed by atoms with Crippen molar-refractivity contribution in [2.45, 2.75) is 13.0 Å². The van der Waals surface area contributed by atoms with Gasteiger partial charge in [0, 0.05) is 5.39 Å². The summed E-state index contributed by atoms with van der Waals surface area (Å²) < 4.78 is 0. The van der Waals surface area contributed by atoms with Crippen molar-refractivity contribution in [3.05, 3.63) is 42.5 Å². The number of rotatable bonds is 3. The van der Waals surface area contributed by atoms with Crippen LogP contribution in [0.5, 0.6) is 0 Å². The van der Waals surface area contributed by atoms with Crippen LogP contribution < -0.4 is 10.9 Å². The summed E-state index contributed by atoms with van der Waals surface area (Å²) in [6.45, 7) is 1.56. The van der Waals surface area contributed by atoms with Gasteiger partial charge in [-0.1, -0.05) is 36.4 Å². The molecule has 0 aliphatic rings. The van der Waals surface area contributed by atoms with Crippen molar-refractivity contribution in [2.75, 3.05) is 5.01 Å². The monoisotopic (exact) mass is 230 g/mol. The highest BCUT2D eigenvalue weighted by molar-refractivity contribution is 5.95. The van der Waals surface area contributed by atoms with Crippen LogP contribution in [0.15, 0.2) is 42.5 Å². The lowest BCUT2D eigenvalue weighted by Crippen LogP contribution is -2.44. The second-order valence-electron chi connectivity index (χ2n) is 3.92. The van der Waals surface area contributed by atoms with Crippen molar-refractivity contribution >= 4 is 22.4 Å². The summed E-state index contributed by atoms with van der Waals surface area (Å²) >= 11 is 0. The highest BCUT2D eigenvalue weighted by atomic mass is 16.4. The molecular formula is C13H14N2O2. The fourth-order valence-corrected chi connectivity index (χ4v) is 1.76. The Balaban J connectivity index is 2.52. The van der Waals surface area contributed by atoms with Crippen LogP contribution in [0.1, 0.15) is 6.92 Å². The number of anilines is 1. The van der Waals surface area contributed by atoms with Crippen molar-refractivity contribution in [1.82, 2.24) is 0 Å². The summed E-state index contributed by atoms with van der Waals surface area (Å²) in [4.78, 5) is 10.9. The van der Waals surface area contributed by atoms with Crippen LogP contribution in [0, 0.1) is 0 Å². The molecule has 0 aliphatic heterocycles. The Labute approximate surface area is 99.2 Å². The predicted molar refractivity (Wildman–Crippen MR) is 67.7 cm³/mol. The zero-order valence-electron chi connectivity index (χ0n) is 9.50. The maximum absolute atomic E-state index is 10.9. The number of carboxylic acids is 1. The van der Waals surface area contributed by atoms with Gasteiger partial charge in [0.1, 0.15) is 6.04 Å². The van der Waals surface area contributed by atoms with E-state index in [2.05, 4.69) is 0 Å². The van der Waals surface area contributed by atoms with Gasteiger partial charge in [0.15, 0.2) is 0 Å². The molecular weight excluding hydrogens is 216 g/mol. The van der Waals surface area contributed by atoms with Gasteiger partial charge in [-0.05, 0) is 18.4 Å². The molecule has 0 spiro atoms. The number of carboxylic acid groups (broad SMARTS) is 1. The van der Waals surface area contributed by atoms with Crippen molar-refractivity contribution in [3.8, 4) is 0 Å². The third kappa shape index (κ3) is 2.07. The number of benzene rings is 2. The molecule has 2 aromatic rings. The Morgan fingerprint density at radius 3 is 2.59 bits per heavy atom. The normalized spacial score (nSPS) is 12.4. The van der Waals surface area contributed by atoms with E-state index < -0.39 is 12.0 Å². The van der Waals surface area contributed by atoms with Gasteiger partial charge in [-0.15, -0.1) is 0 Å². The second-order valence-corrected chi connectivity index (χ2v) is 3.92. The van der Waals surface area contributed by atoms with Crippen LogP contribution in [-0.4, -0.2) is 17.1 Å². The van der Waals surface area contributed by atoms with Crippen molar-refractivity contribution < 1.29 is 9.90 Å². The average Bonchev–Trinajstić information content (AvgIpc) is 2.36. The van der Waals surface area contributed by atoms with E-state index in [1.54, 1.807) is 6.92 Å². The minimum Gasteiger partial charge on any atom is -0.480 e. The van der Waals surface area contributed by atoms with E-state index in [0.29, 0.717) is 0 Å². The Morgan fingerprint density at radius 1 is 1.24 bits per heavy atom. The number of nitrogens with zero attached hydrogens (tertiary/aromatic N) is 1. The molecule has 0 amide bonds. The molecule has 1 atom stereocenters. The maximum Gasteiger partial charge on any atom is 0.327 e. The zero-order chi connectivity index (χ0) is 12.4. The standard InChI is InChI=1S/C13H14N2O2/c1-9(13(16)17)15(14)12-8-4-6-10-5-2-3-7-11(10)12/h2-9H,14H2,1H3,(H,16,17). The molecule has 0 aromatic heterocycles. The van der Waals surface area contributed by atoms with E-state index >= 15 is 0 Å². The number of hydrazine groups is 1. The largest absolute Gasteiger partial charge is 0.480 e. The summed E-state index contributed by atoms with van der Waals surface area (Å²) in [5, 5.41) is 12.2. The average molecular weight is 230 g/mol. The Kier molecular flexibility index (Phi) is 2.97. The highest BCUT2D eigenvalue weighted by Gasteiger charge is 2.19. The van der Waals surface area contributed by atoms with Crippen LogP contribution in [0.4, 0.5) is 5.69 Å². The maximum atomic E-state index is 10.9. The van der Waals surface area contributed by atoms with Crippen molar-refractivity contribution in [3.63, 3.8) is 0 Å². The van der Waals surface area contributed by atoms with Gasteiger partial charge in [0.25, 0.3) is 0 Å². The second kappa shape index (κ2) is 4.43. The fourth-order valence-electron chi connectivity index (χ4n) is 1.76. The fraction of sp³-hybridized carbons (Fsp3) is 0.154. The van der Waals surface area contributed by atoms with E-state index in [1.807, 2.05) is 42.5 Å². The molecule has 4 heteroatoms. The minimum atomic E-state index is -0.944. The van der Waals surface area contributed by atoms with Gasteiger partial charge < -0.3 is 5.11 Å². The topological polar surface area (TPSA) is 66.6 Å². The lowest BCUT2D eigenvalue weighted by Gasteiger charge is -2.24. The first-order chi connectivity index (χ1) is 8.11. The van der Waals surface area contributed by atoms with Crippen LogP contribution >= 0.6 is 0 Å². The van der Waals surface area contributed by atoms with Crippen molar-refractivity contribution in [1.29, 1.82) is 0 Å². The predicted octanol–water partition coefficient (Wildman–Crippen LogP) is 1.99. The minimum absolute atomic E-state index is 0.720. The summed E-state index contributed by atoms with van der Waals surface area (Å²) in [5.74, 6) is 4.91. The number of nitrogens with two attached hydrogens (primary N) is 1. The number of hydrogen-bond donors (Lipinski definition) is 2. The van der Waals surface area contributed by atoms with Gasteiger partial charge in [-0.25, -0.2) is 10.6 Å². The van der Waals surface area contributed by atoms with Gasteiger partial charge in [-0.2, -0.15) is 0 Å². The number of aliphatic carboxylic acids is 1. The molecule has 4 nitrogen and oxygen atoms in total.